The van der Waals surface area contributed by atoms with E-state index in [0.717, 1.165) is 0 Å². The first-order valence-corrected chi connectivity index (χ1v) is 8.94. The lowest BCUT2D eigenvalue weighted by molar-refractivity contribution is -0.155. The molecule has 27 heavy (non-hydrogen) atoms. The fourth-order valence-electron chi connectivity index (χ4n) is 2.77. The predicted molar refractivity (Wildman–Crippen MR) is 93.1 cm³/mol. The van der Waals surface area contributed by atoms with Gasteiger partial charge in [-0.2, -0.15) is 0 Å². The van der Waals surface area contributed by atoms with Crippen LogP contribution >= 0.6 is 11.3 Å². The van der Waals surface area contributed by atoms with E-state index in [2.05, 4.69) is 9.97 Å². The molecule has 0 bridgehead atoms. The van der Waals surface area contributed by atoms with Crippen molar-refractivity contribution in [2.75, 3.05) is 6.61 Å². The van der Waals surface area contributed by atoms with E-state index in [1.165, 1.54) is 35.9 Å². The molecule has 1 aliphatic rings. The van der Waals surface area contributed by atoms with Crippen molar-refractivity contribution in [1.29, 1.82) is 0 Å². The number of ether oxygens (including phenoxy) is 3. The van der Waals surface area contributed by atoms with Crippen LogP contribution in [0.25, 0.3) is 10.6 Å². The maximum Gasteiger partial charge on any atom is 0.330 e. The van der Waals surface area contributed by atoms with Gasteiger partial charge < -0.3 is 14.2 Å². The summed E-state index contributed by atoms with van der Waals surface area (Å²) in [5, 5.41) is 2.17. The predicted octanol–water partition coefficient (Wildman–Crippen LogP) is 0.442. The number of esters is 2. The smallest absolute Gasteiger partial charge is 0.330 e. The lowest BCUT2D eigenvalue weighted by Crippen LogP contribution is -2.33. The Morgan fingerprint density at radius 2 is 2.15 bits per heavy atom. The van der Waals surface area contributed by atoms with E-state index >= 15 is 0 Å². The summed E-state index contributed by atoms with van der Waals surface area (Å²) in [6.07, 6.45) is 0.836. The van der Waals surface area contributed by atoms with Crippen molar-refractivity contribution in [3.63, 3.8) is 0 Å². The molecule has 0 saturated carbocycles. The van der Waals surface area contributed by atoms with Gasteiger partial charge in [0.15, 0.2) is 0 Å². The molecule has 0 amide bonds. The van der Waals surface area contributed by atoms with Gasteiger partial charge in [-0.25, -0.2) is 9.78 Å². The normalized spacial score (nSPS) is 21.8. The number of carbonyl (C=O) groups is 2. The van der Waals surface area contributed by atoms with Crippen molar-refractivity contribution in [2.24, 2.45) is 0 Å². The summed E-state index contributed by atoms with van der Waals surface area (Å²) in [6.45, 7) is 2.38. The quantitative estimate of drug-likeness (QED) is 0.722. The van der Waals surface area contributed by atoms with Crippen molar-refractivity contribution in [2.45, 2.75) is 38.7 Å². The molecule has 0 spiro atoms. The molecule has 0 radical (unpaired) electrons. The highest BCUT2D eigenvalue weighted by atomic mass is 32.1. The molecular formula is C16H17N3O7S. The molecule has 1 saturated heterocycles. The summed E-state index contributed by atoms with van der Waals surface area (Å²) < 4.78 is 17.2. The van der Waals surface area contributed by atoms with Gasteiger partial charge in [-0.3, -0.25) is 23.9 Å². The number of hydrogen-bond acceptors (Lipinski definition) is 9. The molecule has 3 atom stereocenters. The summed E-state index contributed by atoms with van der Waals surface area (Å²) in [5.74, 6) is -1.02. The van der Waals surface area contributed by atoms with Crippen LogP contribution in [0.15, 0.2) is 27.4 Å². The minimum Gasteiger partial charge on any atom is -0.463 e. The van der Waals surface area contributed by atoms with Gasteiger partial charge in [-0.05, 0) is 0 Å². The van der Waals surface area contributed by atoms with Gasteiger partial charge in [-0.15, -0.1) is 11.3 Å². The SMILES string of the molecule is CC(=O)OC[C@H]1O[C@@H](n2cc(-c3nccs3)c(=O)[nH]c2=O)C[C@@H]1OC(C)=O. The zero-order valence-electron chi connectivity index (χ0n) is 14.5. The molecule has 3 rings (SSSR count). The number of carbonyl (C=O) groups excluding carboxylic acids is 2. The molecule has 0 unspecified atom stereocenters. The van der Waals surface area contributed by atoms with E-state index < -0.39 is 41.6 Å². The summed E-state index contributed by atoms with van der Waals surface area (Å²) >= 11 is 1.25. The van der Waals surface area contributed by atoms with E-state index in [4.69, 9.17) is 14.2 Å². The molecule has 10 nitrogen and oxygen atoms in total. The molecular weight excluding hydrogens is 378 g/mol. The first kappa shape index (κ1) is 19.0. The first-order valence-electron chi connectivity index (χ1n) is 8.06. The molecule has 1 aliphatic heterocycles. The number of nitrogens with one attached hydrogen (secondary N) is 1. The highest BCUT2D eigenvalue weighted by Gasteiger charge is 2.39. The van der Waals surface area contributed by atoms with Gasteiger partial charge in [0.25, 0.3) is 5.56 Å². The molecule has 2 aromatic rings. The van der Waals surface area contributed by atoms with E-state index in [9.17, 15) is 19.2 Å². The highest BCUT2D eigenvalue weighted by Crippen LogP contribution is 2.31. The second-order valence-corrected chi connectivity index (χ2v) is 6.76. The van der Waals surface area contributed by atoms with Crippen LogP contribution in [0.3, 0.4) is 0 Å². The molecule has 0 aromatic carbocycles. The van der Waals surface area contributed by atoms with Gasteiger partial charge in [0.05, 0.1) is 5.56 Å². The Hall–Kier alpha value is -2.79. The molecule has 11 heteroatoms. The number of hydrogen-bond donors (Lipinski definition) is 1. The van der Waals surface area contributed by atoms with Gasteiger partial charge in [0.2, 0.25) is 0 Å². The molecule has 1 fully saturated rings. The maximum atomic E-state index is 12.3. The Morgan fingerprint density at radius 3 is 2.78 bits per heavy atom. The Bertz CT molecular complexity index is 950. The minimum absolute atomic E-state index is 0.124. The second kappa shape index (κ2) is 7.84. The average Bonchev–Trinajstić information content (AvgIpc) is 3.22. The summed E-state index contributed by atoms with van der Waals surface area (Å²) in [7, 11) is 0. The van der Waals surface area contributed by atoms with Gasteiger partial charge >= 0.3 is 17.6 Å². The second-order valence-electron chi connectivity index (χ2n) is 5.86. The molecule has 144 valence electrons. The van der Waals surface area contributed by atoms with E-state index in [1.807, 2.05) is 0 Å². The summed E-state index contributed by atoms with van der Waals surface area (Å²) in [6, 6.07) is 0. The summed E-state index contributed by atoms with van der Waals surface area (Å²) in [4.78, 5) is 53.1. The van der Waals surface area contributed by atoms with Gasteiger partial charge in [-0.1, -0.05) is 0 Å². The Labute approximate surface area is 156 Å². The van der Waals surface area contributed by atoms with E-state index in [1.54, 1.807) is 11.6 Å². The van der Waals surface area contributed by atoms with Crippen LogP contribution < -0.4 is 11.2 Å². The zero-order valence-corrected chi connectivity index (χ0v) is 15.4. The average molecular weight is 395 g/mol. The lowest BCUT2D eigenvalue weighted by atomic mass is 10.2. The Balaban J connectivity index is 1.90. The van der Waals surface area contributed by atoms with Crippen LogP contribution in [0, 0.1) is 0 Å². The highest BCUT2D eigenvalue weighted by molar-refractivity contribution is 7.13. The molecule has 3 heterocycles. The summed E-state index contributed by atoms with van der Waals surface area (Å²) in [5.41, 5.74) is -1.00. The number of thiazole rings is 1. The van der Waals surface area contributed by atoms with Crippen molar-refractivity contribution in [3.05, 3.63) is 38.6 Å². The fourth-order valence-corrected chi connectivity index (χ4v) is 3.41. The number of aromatic nitrogens is 3. The van der Waals surface area contributed by atoms with Crippen molar-refractivity contribution < 1.29 is 23.8 Å². The third-order valence-corrected chi connectivity index (χ3v) is 4.70. The Kier molecular flexibility index (Phi) is 5.51. The lowest BCUT2D eigenvalue weighted by Gasteiger charge is -2.17. The number of rotatable bonds is 5. The van der Waals surface area contributed by atoms with Crippen LogP contribution in [0.1, 0.15) is 26.5 Å². The van der Waals surface area contributed by atoms with Crippen LogP contribution in [-0.4, -0.2) is 45.3 Å². The number of H-pyrrole nitrogens is 1. The first-order chi connectivity index (χ1) is 12.8. The van der Waals surface area contributed by atoms with Crippen LogP contribution in [-0.2, 0) is 23.8 Å². The molecule has 2 aromatic heterocycles. The van der Waals surface area contributed by atoms with Gasteiger partial charge in [0.1, 0.15) is 30.1 Å². The van der Waals surface area contributed by atoms with Crippen molar-refractivity contribution in [1.82, 2.24) is 14.5 Å². The third kappa shape index (κ3) is 4.31. The standard InChI is InChI=1S/C16H17N3O7S/c1-8(20)24-7-12-11(25-9(2)21)5-13(26-12)19-6-10(14(22)18-16(19)23)15-17-3-4-27-15/h3-4,6,11-13H,5,7H2,1-2H3,(H,18,22,23)/t11-,12+,13+/m0/s1. The number of nitrogens with zero attached hydrogens (tertiary/aromatic N) is 2. The zero-order chi connectivity index (χ0) is 19.6. The van der Waals surface area contributed by atoms with E-state index in [-0.39, 0.29) is 18.6 Å². The topological polar surface area (TPSA) is 130 Å². The van der Waals surface area contributed by atoms with Crippen LogP contribution in [0.5, 0.6) is 0 Å². The maximum absolute atomic E-state index is 12.3. The van der Waals surface area contributed by atoms with Gasteiger partial charge in [0, 0.05) is 38.0 Å². The molecule has 1 N–H and O–H groups in total. The van der Waals surface area contributed by atoms with E-state index in [0.29, 0.717) is 5.01 Å². The monoisotopic (exact) mass is 395 g/mol. The minimum atomic E-state index is -0.807. The third-order valence-electron chi connectivity index (χ3n) is 3.89. The largest absolute Gasteiger partial charge is 0.463 e. The van der Waals surface area contributed by atoms with Crippen LogP contribution in [0.2, 0.25) is 0 Å². The van der Waals surface area contributed by atoms with Crippen molar-refractivity contribution >= 4 is 23.3 Å². The Morgan fingerprint density at radius 1 is 1.37 bits per heavy atom. The fraction of sp³-hybridized carbons (Fsp3) is 0.438. The van der Waals surface area contributed by atoms with Crippen LogP contribution in [0.4, 0.5) is 0 Å². The molecule has 0 aliphatic carbocycles. The number of aromatic amines is 1. The van der Waals surface area contributed by atoms with Crippen molar-refractivity contribution in [3.8, 4) is 10.6 Å².